The molecule has 4 nitrogen and oxygen atoms in total. The molecule has 0 amide bonds. The van der Waals surface area contributed by atoms with E-state index in [9.17, 15) is 12.8 Å². The first-order valence-corrected chi connectivity index (χ1v) is 9.10. The van der Waals surface area contributed by atoms with E-state index in [0.29, 0.717) is 23.2 Å². The van der Waals surface area contributed by atoms with E-state index in [1.807, 2.05) is 18.2 Å². The zero-order valence-corrected chi connectivity index (χ0v) is 14.2. The van der Waals surface area contributed by atoms with Gasteiger partial charge in [0.2, 0.25) is 0 Å². The third kappa shape index (κ3) is 4.66. The highest BCUT2D eigenvalue weighted by Crippen LogP contribution is 2.24. The molecule has 2 aromatic rings. The molecule has 0 aliphatic rings. The van der Waals surface area contributed by atoms with Gasteiger partial charge >= 0.3 is 0 Å². The van der Waals surface area contributed by atoms with Gasteiger partial charge in [-0.1, -0.05) is 30.3 Å². The van der Waals surface area contributed by atoms with Crippen LogP contribution in [0.15, 0.2) is 65.3 Å². The summed E-state index contributed by atoms with van der Waals surface area (Å²) >= 11 is 0. The van der Waals surface area contributed by atoms with Crippen LogP contribution < -0.4 is 10.5 Å². The number of hydrogen-bond donors (Lipinski definition) is 1. The summed E-state index contributed by atoms with van der Waals surface area (Å²) in [6, 6.07) is 13.7. The molecule has 6 heteroatoms. The Morgan fingerprint density at radius 3 is 2.50 bits per heavy atom. The Morgan fingerprint density at radius 2 is 1.92 bits per heavy atom. The van der Waals surface area contributed by atoms with Gasteiger partial charge in [0, 0.05) is 12.1 Å². The van der Waals surface area contributed by atoms with Crippen molar-refractivity contribution in [3.05, 3.63) is 71.6 Å². The summed E-state index contributed by atoms with van der Waals surface area (Å²) in [4.78, 5) is 0.263. The van der Waals surface area contributed by atoms with Gasteiger partial charge in [0.05, 0.1) is 17.0 Å². The molecule has 24 heavy (non-hydrogen) atoms. The van der Waals surface area contributed by atoms with Crippen LogP contribution in [0.2, 0.25) is 0 Å². The maximum Gasteiger partial charge on any atom is 0.182 e. The zero-order valence-electron chi connectivity index (χ0n) is 13.4. The molecule has 128 valence electrons. The van der Waals surface area contributed by atoms with Gasteiger partial charge in [-0.3, -0.25) is 0 Å². The van der Waals surface area contributed by atoms with Crippen LogP contribution in [0.1, 0.15) is 11.1 Å². The van der Waals surface area contributed by atoms with Crippen LogP contribution in [0, 0.1) is 6.92 Å². The molecule has 0 aliphatic heterocycles. The molecule has 0 bridgehead atoms. The maximum atomic E-state index is 12.6. The highest BCUT2D eigenvalue weighted by Gasteiger charge is 2.18. The van der Waals surface area contributed by atoms with Crippen molar-refractivity contribution in [3.63, 3.8) is 0 Å². The zero-order chi connectivity index (χ0) is 17.6. The molecule has 0 spiro atoms. The molecular weight excluding hydrogens is 329 g/mol. The van der Waals surface area contributed by atoms with E-state index in [2.05, 4.69) is 0 Å². The Labute approximate surface area is 141 Å². The van der Waals surface area contributed by atoms with Gasteiger partial charge in [0.15, 0.2) is 9.84 Å². The first kappa shape index (κ1) is 18.2. The summed E-state index contributed by atoms with van der Waals surface area (Å²) in [7, 11) is -3.45. The smallest absolute Gasteiger partial charge is 0.182 e. The second-order valence-corrected chi connectivity index (χ2v) is 7.39. The molecule has 0 fully saturated rings. The Kier molecular flexibility index (Phi) is 6.11. The molecule has 0 aliphatic carbocycles. The minimum atomic E-state index is -3.45. The molecule has 2 N–H and O–H groups in total. The molecule has 0 heterocycles. The highest BCUT2D eigenvalue weighted by molar-refractivity contribution is 7.90. The molecule has 0 aromatic heterocycles. The first-order valence-electron chi connectivity index (χ1n) is 7.44. The molecule has 0 saturated heterocycles. The van der Waals surface area contributed by atoms with Crippen molar-refractivity contribution < 1.29 is 17.5 Å². The van der Waals surface area contributed by atoms with Gasteiger partial charge in [-0.2, -0.15) is 0 Å². The average Bonchev–Trinajstić information content (AvgIpc) is 2.56. The molecule has 0 radical (unpaired) electrons. The van der Waals surface area contributed by atoms with Gasteiger partial charge in [-0.15, -0.1) is 0 Å². The molecule has 2 aromatic carbocycles. The summed E-state index contributed by atoms with van der Waals surface area (Å²) in [6.07, 6.45) is 0.422. The van der Waals surface area contributed by atoms with Crippen molar-refractivity contribution in [1.82, 2.24) is 0 Å². The van der Waals surface area contributed by atoms with Crippen molar-refractivity contribution in [2.45, 2.75) is 17.6 Å². The third-order valence-electron chi connectivity index (χ3n) is 3.52. The molecule has 2 rings (SSSR count). The minimum absolute atomic E-state index is 0.0303. The number of sulfone groups is 1. The van der Waals surface area contributed by atoms with E-state index in [4.69, 9.17) is 10.5 Å². The summed E-state index contributed by atoms with van der Waals surface area (Å²) in [5.41, 5.74) is 7.01. The fraction of sp³-hybridized carbons (Fsp3) is 0.222. The number of nitrogens with two attached hydrogens (primary N) is 1. The number of benzene rings is 2. The van der Waals surface area contributed by atoms with Crippen molar-refractivity contribution in [2.24, 2.45) is 5.73 Å². The Bertz CT molecular complexity index is 817. The van der Waals surface area contributed by atoms with Crippen LogP contribution in [0.5, 0.6) is 5.75 Å². The number of rotatable bonds is 7. The number of hydrogen-bond acceptors (Lipinski definition) is 4. The van der Waals surface area contributed by atoms with Crippen molar-refractivity contribution in [2.75, 3.05) is 13.2 Å². The van der Waals surface area contributed by atoms with Gasteiger partial charge in [0.1, 0.15) is 12.4 Å². The van der Waals surface area contributed by atoms with Crippen LogP contribution >= 0.6 is 0 Å². The topological polar surface area (TPSA) is 69.4 Å². The van der Waals surface area contributed by atoms with Crippen molar-refractivity contribution in [3.8, 4) is 5.75 Å². The van der Waals surface area contributed by atoms with Crippen LogP contribution in [0.4, 0.5) is 4.39 Å². The van der Waals surface area contributed by atoms with Crippen LogP contribution in [-0.2, 0) is 15.6 Å². The van der Waals surface area contributed by atoms with Crippen molar-refractivity contribution in [1.29, 1.82) is 0 Å². The van der Waals surface area contributed by atoms with Crippen molar-refractivity contribution >= 4 is 9.84 Å². The van der Waals surface area contributed by atoms with E-state index in [-0.39, 0.29) is 23.8 Å². The summed E-state index contributed by atoms with van der Waals surface area (Å²) in [6.45, 7) is 1.81. The first-order chi connectivity index (χ1) is 11.5. The third-order valence-corrected chi connectivity index (χ3v) is 5.36. The fourth-order valence-corrected chi connectivity index (χ4v) is 3.85. The lowest BCUT2D eigenvalue weighted by Gasteiger charge is -2.11. The fourth-order valence-electron chi connectivity index (χ4n) is 2.24. The predicted molar refractivity (Wildman–Crippen MR) is 92.3 cm³/mol. The maximum absolute atomic E-state index is 12.6. The standard InChI is InChI=1S/C18H20FNO3S/c1-14-9-17(23-12-16(10-19)11-20)7-8-18(14)24(21,22)13-15-5-3-2-4-6-15/h2-10H,11-13,20H2,1H3/b16-10+. The number of halogens is 1. The largest absolute Gasteiger partial charge is 0.489 e. The van der Waals surface area contributed by atoms with E-state index < -0.39 is 9.84 Å². The molecule has 0 saturated carbocycles. The lowest BCUT2D eigenvalue weighted by molar-refractivity contribution is 0.347. The molecule has 0 atom stereocenters. The quantitative estimate of drug-likeness (QED) is 0.834. The molecular formula is C18H20FNO3S. The van der Waals surface area contributed by atoms with E-state index in [1.165, 1.54) is 6.07 Å². The van der Waals surface area contributed by atoms with Gasteiger partial charge in [0.25, 0.3) is 0 Å². The summed E-state index contributed by atoms with van der Waals surface area (Å²) < 4.78 is 43.1. The second kappa shape index (κ2) is 8.08. The van der Waals surface area contributed by atoms with E-state index in [1.54, 1.807) is 31.2 Å². The number of aryl methyl sites for hydroxylation is 1. The highest BCUT2D eigenvalue weighted by atomic mass is 32.2. The Morgan fingerprint density at radius 1 is 1.21 bits per heavy atom. The van der Waals surface area contributed by atoms with Crippen LogP contribution in [0.25, 0.3) is 0 Å². The van der Waals surface area contributed by atoms with Gasteiger partial charge in [-0.05, 0) is 36.2 Å². The predicted octanol–water partition coefficient (Wildman–Crippen LogP) is 3.16. The van der Waals surface area contributed by atoms with Gasteiger partial charge in [-0.25, -0.2) is 12.8 Å². The van der Waals surface area contributed by atoms with Gasteiger partial charge < -0.3 is 10.5 Å². The van der Waals surface area contributed by atoms with Crippen LogP contribution in [0.3, 0.4) is 0 Å². The minimum Gasteiger partial charge on any atom is -0.489 e. The normalized spacial score (nSPS) is 12.2. The lowest BCUT2D eigenvalue weighted by atomic mass is 10.2. The number of ether oxygens (including phenoxy) is 1. The average molecular weight is 349 g/mol. The lowest BCUT2D eigenvalue weighted by Crippen LogP contribution is -2.11. The Balaban J connectivity index is 2.17. The second-order valence-electron chi connectivity index (χ2n) is 5.43. The van der Waals surface area contributed by atoms with E-state index in [0.717, 1.165) is 5.56 Å². The van der Waals surface area contributed by atoms with Crippen LogP contribution in [-0.4, -0.2) is 21.6 Å². The monoisotopic (exact) mass is 349 g/mol. The SMILES string of the molecule is Cc1cc(OC/C(=C/F)CN)ccc1S(=O)(=O)Cc1ccccc1. The summed E-state index contributed by atoms with van der Waals surface area (Å²) in [5, 5.41) is 0. The van der Waals surface area contributed by atoms with E-state index >= 15 is 0 Å². The molecule has 0 unspecified atom stereocenters. The Hall–Kier alpha value is -2.18. The summed E-state index contributed by atoms with van der Waals surface area (Å²) in [5.74, 6) is 0.413.